The molecule has 0 saturated carbocycles. The lowest BCUT2D eigenvalue weighted by Gasteiger charge is -2.11. The standard InChI is InChI=1S/C12H27NO2.ClH/c1-3-5-7-11(14)9-13-10-12(15)8-6-4-2;/h11-15H,3-10H2,1-2H3;1H. The summed E-state index contributed by atoms with van der Waals surface area (Å²) < 4.78 is 0. The number of halogens is 1. The third kappa shape index (κ3) is 12.2. The van der Waals surface area contributed by atoms with Crippen molar-refractivity contribution in [2.75, 3.05) is 13.1 Å². The van der Waals surface area contributed by atoms with Gasteiger partial charge in [0.2, 0.25) is 0 Å². The van der Waals surface area contributed by atoms with Gasteiger partial charge in [0.15, 0.2) is 0 Å². The topological polar surface area (TPSA) is 57.1 Å². The maximum absolute atomic E-state index is 9.56. The summed E-state index contributed by atoms with van der Waals surface area (Å²) in [5.41, 5.74) is 0. The molecule has 0 saturated heterocycles. The molecule has 0 aliphatic heterocycles. The summed E-state index contributed by atoms with van der Waals surface area (Å²) in [5, 5.41) is 21.1. The Balaban J connectivity index is 0. The van der Waals surface area contributed by atoms with E-state index in [1.54, 1.807) is 0 Å². The van der Waals surface area contributed by atoms with Gasteiger partial charge in [0.05, 0.1) is 0 Å². The highest BCUT2D eigenvalue weighted by Gasteiger charge is 2.08. The quantitative estimate of drug-likeness (QED) is 0.409. The van der Waals surface area contributed by atoms with Gasteiger partial charge in [0.1, 0.15) is 25.3 Å². The molecule has 0 aromatic rings. The van der Waals surface area contributed by atoms with E-state index < -0.39 is 0 Å². The maximum atomic E-state index is 9.56. The van der Waals surface area contributed by atoms with E-state index in [0.717, 1.165) is 51.6 Å². The van der Waals surface area contributed by atoms with Crippen LogP contribution in [0.2, 0.25) is 0 Å². The first-order valence-electron chi connectivity index (χ1n) is 6.38. The minimum Gasteiger partial charge on any atom is -1.00 e. The molecule has 0 aromatic carbocycles. The zero-order valence-corrected chi connectivity index (χ0v) is 11.4. The van der Waals surface area contributed by atoms with Crippen LogP contribution in [0.15, 0.2) is 0 Å². The van der Waals surface area contributed by atoms with Crippen LogP contribution in [0, 0.1) is 0 Å². The molecule has 0 radical (unpaired) electrons. The third-order valence-electron chi connectivity index (χ3n) is 2.66. The van der Waals surface area contributed by atoms with Crippen LogP contribution in [-0.4, -0.2) is 35.5 Å². The zero-order valence-electron chi connectivity index (χ0n) is 10.7. The number of quaternary nitrogens is 1. The van der Waals surface area contributed by atoms with Crippen LogP contribution in [0.25, 0.3) is 0 Å². The molecule has 4 N–H and O–H groups in total. The predicted octanol–water partition coefficient (Wildman–Crippen LogP) is -2.34. The highest BCUT2D eigenvalue weighted by Crippen LogP contribution is 1.98. The van der Waals surface area contributed by atoms with Crippen LogP contribution in [0.3, 0.4) is 0 Å². The first-order valence-corrected chi connectivity index (χ1v) is 6.38. The van der Waals surface area contributed by atoms with Crippen molar-refractivity contribution < 1.29 is 27.9 Å². The summed E-state index contributed by atoms with van der Waals surface area (Å²) in [6.45, 7) is 5.71. The van der Waals surface area contributed by atoms with Crippen LogP contribution in [0.1, 0.15) is 52.4 Å². The average Bonchev–Trinajstić information content (AvgIpc) is 2.23. The summed E-state index contributed by atoms with van der Waals surface area (Å²) in [6, 6.07) is 0. The molecular weight excluding hydrogens is 226 g/mol. The molecule has 0 amide bonds. The molecule has 0 aliphatic rings. The fourth-order valence-corrected chi connectivity index (χ4v) is 1.60. The third-order valence-corrected chi connectivity index (χ3v) is 2.66. The second-order valence-electron chi connectivity index (χ2n) is 4.35. The number of hydrogen-bond acceptors (Lipinski definition) is 2. The van der Waals surface area contributed by atoms with Gasteiger partial charge in [-0.3, -0.25) is 0 Å². The molecule has 0 heterocycles. The molecule has 2 atom stereocenters. The number of aliphatic hydroxyl groups excluding tert-OH is 2. The molecule has 16 heavy (non-hydrogen) atoms. The summed E-state index contributed by atoms with van der Waals surface area (Å²) in [4.78, 5) is 0. The zero-order chi connectivity index (χ0) is 11.5. The second-order valence-corrected chi connectivity index (χ2v) is 4.35. The minimum absolute atomic E-state index is 0. The summed E-state index contributed by atoms with van der Waals surface area (Å²) in [7, 11) is 0. The van der Waals surface area contributed by atoms with Crippen molar-refractivity contribution >= 4 is 0 Å². The van der Waals surface area contributed by atoms with E-state index in [9.17, 15) is 10.2 Å². The molecule has 0 bridgehead atoms. The first-order chi connectivity index (χ1) is 7.20. The molecule has 3 nitrogen and oxygen atoms in total. The number of nitrogens with two attached hydrogens (primary N) is 1. The number of rotatable bonds is 10. The summed E-state index contributed by atoms with van der Waals surface area (Å²) in [5.74, 6) is 0. The average molecular weight is 254 g/mol. The fraction of sp³-hybridized carbons (Fsp3) is 1.00. The van der Waals surface area contributed by atoms with Gasteiger partial charge < -0.3 is 27.9 Å². The number of aliphatic hydroxyl groups is 2. The number of unbranched alkanes of at least 4 members (excludes halogenated alkanes) is 2. The molecule has 2 unspecified atom stereocenters. The van der Waals surface area contributed by atoms with Crippen molar-refractivity contribution in [3.63, 3.8) is 0 Å². The van der Waals surface area contributed by atoms with E-state index >= 15 is 0 Å². The Kier molecular flexibility index (Phi) is 15.3. The van der Waals surface area contributed by atoms with Crippen LogP contribution < -0.4 is 17.7 Å². The Morgan fingerprint density at radius 3 is 1.56 bits per heavy atom. The molecule has 4 heteroatoms. The normalized spacial score (nSPS) is 14.2. The monoisotopic (exact) mass is 253 g/mol. The fourth-order valence-electron chi connectivity index (χ4n) is 1.60. The Hall–Kier alpha value is 0.170. The van der Waals surface area contributed by atoms with Gasteiger partial charge in [-0.05, 0) is 12.8 Å². The molecule has 0 fully saturated rings. The van der Waals surface area contributed by atoms with Crippen molar-refractivity contribution in [2.45, 2.75) is 64.6 Å². The first kappa shape index (κ1) is 18.5. The molecule has 0 aliphatic carbocycles. The minimum atomic E-state index is -0.205. The Bertz CT molecular complexity index is 122. The van der Waals surface area contributed by atoms with E-state index in [0.29, 0.717) is 0 Å². The van der Waals surface area contributed by atoms with Gasteiger partial charge in [0, 0.05) is 0 Å². The highest BCUT2D eigenvalue weighted by atomic mass is 35.5. The van der Waals surface area contributed by atoms with Crippen LogP contribution in [-0.2, 0) is 0 Å². The van der Waals surface area contributed by atoms with Gasteiger partial charge in [-0.1, -0.05) is 39.5 Å². The lowest BCUT2D eigenvalue weighted by atomic mass is 10.1. The molecule has 0 spiro atoms. The van der Waals surface area contributed by atoms with Gasteiger partial charge in [-0.25, -0.2) is 0 Å². The van der Waals surface area contributed by atoms with Crippen LogP contribution in [0.5, 0.6) is 0 Å². The van der Waals surface area contributed by atoms with Crippen LogP contribution in [0.4, 0.5) is 0 Å². The highest BCUT2D eigenvalue weighted by molar-refractivity contribution is 4.54. The van der Waals surface area contributed by atoms with Crippen LogP contribution >= 0.6 is 0 Å². The molecular formula is C12H28ClNO2. The second kappa shape index (κ2) is 13.2. The smallest absolute Gasteiger partial charge is 0.103 e. The Morgan fingerprint density at radius 2 is 1.25 bits per heavy atom. The summed E-state index contributed by atoms with van der Waals surface area (Å²) in [6.07, 6.45) is 5.81. The van der Waals surface area contributed by atoms with Crippen molar-refractivity contribution in [3.05, 3.63) is 0 Å². The van der Waals surface area contributed by atoms with Crippen molar-refractivity contribution in [2.24, 2.45) is 0 Å². The molecule has 0 rings (SSSR count). The van der Waals surface area contributed by atoms with Gasteiger partial charge in [-0.2, -0.15) is 0 Å². The lowest BCUT2D eigenvalue weighted by molar-refractivity contribution is -0.667. The van der Waals surface area contributed by atoms with Crippen molar-refractivity contribution in [1.29, 1.82) is 0 Å². The lowest BCUT2D eigenvalue weighted by Crippen LogP contribution is -3.00. The van der Waals surface area contributed by atoms with Gasteiger partial charge in [-0.15, -0.1) is 0 Å². The maximum Gasteiger partial charge on any atom is 0.103 e. The van der Waals surface area contributed by atoms with E-state index in [1.807, 2.05) is 5.32 Å². The van der Waals surface area contributed by atoms with E-state index in [2.05, 4.69) is 13.8 Å². The summed E-state index contributed by atoms with van der Waals surface area (Å²) >= 11 is 0. The molecule has 100 valence electrons. The van der Waals surface area contributed by atoms with E-state index in [4.69, 9.17) is 0 Å². The Labute approximate surface area is 106 Å². The number of hydrogen-bond donors (Lipinski definition) is 3. The van der Waals surface area contributed by atoms with E-state index in [1.165, 1.54) is 0 Å². The van der Waals surface area contributed by atoms with Crippen molar-refractivity contribution in [1.82, 2.24) is 0 Å². The van der Waals surface area contributed by atoms with Gasteiger partial charge in [0.25, 0.3) is 0 Å². The Morgan fingerprint density at radius 1 is 0.875 bits per heavy atom. The van der Waals surface area contributed by atoms with Gasteiger partial charge >= 0.3 is 0 Å². The van der Waals surface area contributed by atoms with Crippen molar-refractivity contribution in [3.8, 4) is 0 Å². The SMILES string of the molecule is CCCCC(O)C[NH2+]CC(O)CCCC.[Cl-]. The molecule has 0 aromatic heterocycles. The predicted molar refractivity (Wildman–Crippen MR) is 62.7 cm³/mol. The largest absolute Gasteiger partial charge is 1.00 e. The van der Waals surface area contributed by atoms with E-state index in [-0.39, 0.29) is 24.6 Å².